The molecular weight excluding hydrogens is 1150 g/mol. The normalized spacial score (nSPS) is 12.6. The Morgan fingerprint density at radius 1 is 0.298 bits per heavy atom. The number of nitrogens with one attached hydrogen (secondary N) is 1. The van der Waals surface area contributed by atoms with E-state index in [4.69, 9.17) is 4.74 Å². The largest absolute Gasteiger partial charge is 0.466 e. The zero-order chi connectivity index (χ0) is 67.7. The molecule has 0 aliphatic rings. The highest BCUT2D eigenvalue weighted by molar-refractivity contribution is 5.76. The number of aliphatic hydroxyl groups excluding tert-OH is 2. The molecule has 0 radical (unpaired) electrons. The molecular formula is C88H169NO5. The minimum absolute atomic E-state index is 0.0164. The Bertz CT molecular complexity index is 1520. The van der Waals surface area contributed by atoms with E-state index in [0.717, 1.165) is 51.4 Å². The van der Waals surface area contributed by atoms with Crippen LogP contribution in [0.2, 0.25) is 0 Å². The van der Waals surface area contributed by atoms with Crippen LogP contribution in [0.1, 0.15) is 489 Å². The average Bonchev–Trinajstić information content (AvgIpc) is 3.79. The van der Waals surface area contributed by atoms with Crippen molar-refractivity contribution in [3.05, 3.63) is 36.5 Å². The van der Waals surface area contributed by atoms with Crippen molar-refractivity contribution >= 4 is 11.9 Å². The fourth-order valence-corrected chi connectivity index (χ4v) is 13.8. The Balaban J connectivity index is 3.36. The number of hydrogen-bond acceptors (Lipinski definition) is 5. The molecule has 0 aliphatic carbocycles. The van der Waals surface area contributed by atoms with Gasteiger partial charge in [-0.25, -0.2) is 0 Å². The van der Waals surface area contributed by atoms with Crippen LogP contribution in [0.15, 0.2) is 36.5 Å². The third-order valence-corrected chi connectivity index (χ3v) is 20.4. The molecule has 556 valence electrons. The summed E-state index contributed by atoms with van der Waals surface area (Å²) in [6, 6.07) is -0.541. The molecule has 6 nitrogen and oxygen atoms in total. The molecule has 1 amide bonds. The Kier molecular flexibility index (Phi) is 81.8. The molecule has 0 aromatic heterocycles. The van der Waals surface area contributed by atoms with E-state index in [2.05, 4.69) is 55.6 Å². The highest BCUT2D eigenvalue weighted by Crippen LogP contribution is 2.21. The molecule has 94 heavy (non-hydrogen) atoms. The summed E-state index contributed by atoms with van der Waals surface area (Å²) in [5, 5.41) is 23.5. The van der Waals surface area contributed by atoms with Gasteiger partial charge in [-0.15, -0.1) is 0 Å². The van der Waals surface area contributed by atoms with E-state index in [1.54, 1.807) is 0 Å². The highest BCUT2D eigenvalue weighted by Gasteiger charge is 2.20. The number of amides is 1. The van der Waals surface area contributed by atoms with Crippen LogP contribution >= 0.6 is 0 Å². The maximum Gasteiger partial charge on any atom is 0.305 e. The minimum Gasteiger partial charge on any atom is -0.466 e. The lowest BCUT2D eigenvalue weighted by molar-refractivity contribution is -0.143. The number of hydrogen-bond donors (Lipinski definition) is 3. The number of unbranched alkanes of at least 4 members (excludes halogenated alkanes) is 65. The van der Waals surface area contributed by atoms with E-state index < -0.39 is 12.1 Å². The molecule has 0 saturated carbocycles. The van der Waals surface area contributed by atoms with Gasteiger partial charge >= 0.3 is 5.97 Å². The lowest BCUT2D eigenvalue weighted by atomic mass is 10.0. The van der Waals surface area contributed by atoms with Crippen LogP contribution in [-0.4, -0.2) is 47.4 Å². The van der Waals surface area contributed by atoms with Crippen LogP contribution in [0.5, 0.6) is 0 Å². The predicted molar refractivity (Wildman–Crippen MR) is 416 cm³/mol. The van der Waals surface area contributed by atoms with Gasteiger partial charge in [0.05, 0.1) is 25.4 Å². The molecule has 0 heterocycles. The number of aliphatic hydroxyl groups is 2. The van der Waals surface area contributed by atoms with E-state index in [0.29, 0.717) is 25.9 Å². The molecule has 0 saturated heterocycles. The molecule has 6 heteroatoms. The monoisotopic (exact) mass is 1320 g/mol. The van der Waals surface area contributed by atoms with Gasteiger partial charge in [-0.1, -0.05) is 429 Å². The Hall–Kier alpha value is -1.92. The molecule has 0 aromatic carbocycles. The first-order valence-corrected chi connectivity index (χ1v) is 43.2. The number of carbonyl (C=O) groups excluding carboxylic acids is 2. The van der Waals surface area contributed by atoms with Crippen molar-refractivity contribution in [2.24, 2.45) is 0 Å². The molecule has 0 spiro atoms. The van der Waals surface area contributed by atoms with Crippen LogP contribution in [0.3, 0.4) is 0 Å². The molecule has 2 unspecified atom stereocenters. The maximum absolute atomic E-state index is 12.6. The number of allylic oxidation sites excluding steroid dienone is 6. The Labute approximate surface area is 589 Å². The molecule has 0 aromatic rings. The molecule has 2 atom stereocenters. The van der Waals surface area contributed by atoms with Gasteiger partial charge in [-0.2, -0.15) is 0 Å². The third kappa shape index (κ3) is 79.1. The summed E-state index contributed by atoms with van der Waals surface area (Å²) in [4.78, 5) is 24.7. The smallest absolute Gasteiger partial charge is 0.305 e. The molecule has 0 fully saturated rings. The van der Waals surface area contributed by atoms with E-state index in [9.17, 15) is 19.8 Å². The summed E-state index contributed by atoms with van der Waals surface area (Å²) in [6.07, 6.45) is 110. The zero-order valence-corrected chi connectivity index (χ0v) is 64.0. The summed E-state index contributed by atoms with van der Waals surface area (Å²) in [6.45, 7) is 5.00. The second kappa shape index (κ2) is 83.5. The molecule has 0 rings (SSSR count). The number of ether oxygens (including phenoxy) is 1. The van der Waals surface area contributed by atoms with Crippen LogP contribution in [0.4, 0.5) is 0 Å². The van der Waals surface area contributed by atoms with Crippen LogP contribution < -0.4 is 5.32 Å². The number of carbonyl (C=O) groups is 2. The van der Waals surface area contributed by atoms with Crippen LogP contribution in [0, 0.1) is 0 Å². The lowest BCUT2D eigenvalue weighted by Gasteiger charge is -2.22. The van der Waals surface area contributed by atoms with Gasteiger partial charge in [0.25, 0.3) is 0 Å². The highest BCUT2D eigenvalue weighted by atomic mass is 16.5. The van der Waals surface area contributed by atoms with Gasteiger partial charge in [-0.3, -0.25) is 9.59 Å². The summed E-state index contributed by atoms with van der Waals surface area (Å²) in [5.74, 6) is -0.0101. The van der Waals surface area contributed by atoms with Crippen molar-refractivity contribution < 1.29 is 24.5 Å². The minimum atomic E-state index is -0.664. The average molecular weight is 1320 g/mol. The predicted octanol–water partition coefficient (Wildman–Crippen LogP) is 28.9. The molecule has 0 aliphatic heterocycles. The van der Waals surface area contributed by atoms with Gasteiger partial charge in [0.1, 0.15) is 0 Å². The number of esters is 1. The van der Waals surface area contributed by atoms with E-state index in [1.165, 1.54) is 405 Å². The summed E-state index contributed by atoms with van der Waals surface area (Å²) in [7, 11) is 0. The fraction of sp³-hybridized carbons (Fsp3) is 0.909. The maximum atomic E-state index is 12.6. The zero-order valence-electron chi connectivity index (χ0n) is 64.0. The topological polar surface area (TPSA) is 95.9 Å². The van der Waals surface area contributed by atoms with Crippen molar-refractivity contribution in [1.82, 2.24) is 5.32 Å². The van der Waals surface area contributed by atoms with E-state index in [-0.39, 0.29) is 18.5 Å². The first-order chi connectivity index (χ1) is 46.5. The summed E-state index contributed by atoms with van der Waals surface area (Å²) in [5.41, 5.74) is 0. The first kappa shape index (κ1) is 92.1. The van der Waals surface area contributed by atoms with Crippen LogP contribution in [-0.2, 0) is 14.3 Å². The fourth-order valence-electron chi connectivity index (χ4n) is 13.8. The second-order valence-corrected chi connectivity index (χ2v) is 29.9. The summed E-state index contributed by atoms with van der Waals surface area (Å²) < 4.78 is 5.51. The van der Waals surface area contributed by atoms with Gasteiger partial charge in [0, 0.05) is 12.8 Å². The molecule has 0 bridgehead atoms. The standard InChI is InChI=1S/C88H169NO5/c1-3-5-7-9-11-13-15-17-19-21-22-23-39-42-45-49-52-56-60-64-68-72-76-80-86(91)85(84-90)89-87(92)81-77-73-69-65-61-57-53-50-46-43-40-37-35-33-31-29-27-25-24-26-28-30-32-34-36-38-41-44-47-51-55-59-63-67-71-75-79-83-94-88(93)82-78-74-70-66-62-58-54-48-20-18-16-14-12-10-8-6-4-2/h18,20,24,26,30,32,85-86,90-91H,3-17,19,21-23,25,27-29,31,33-84H2,1-2H3,(H,89,92)/b20-18-,26-24-,32-30-. The van der Waals surface area contributed by atoms with E-state index in [1.807, 2.05) is 0 Å². The first-order valence-electron chi connectivity index (χ1n) is 43.2. The quantitative estimate of drug-likeness (QED) is 0.0320. The van der Waals surface area contributed by atoms with Crippen molar-refractivity contribution in [1.29, 1.82) is 0 Å². The SMILES string of the molecule is CCCCCCCC/C=C\CCCCCCCCCC(=O)OCCCCCCCCCCCCCCC/C=C\C/C=C\CCCCCCCCCCCCCCCCCCCC(=O)NC(CO)C(O)CCCCCCCCCCCCCCCCCCCCCCCCC. The van der Waals surface area contributed by atoms with Crippen LogP contribution in [0.25, 0.3) is 0 Å². The van der Waals surface area contributed by atoms with Gasteiger partial charge in [-0.05, 0) is 83.5 Å². The number of rotatable bonds is 82. The molecule has 3 N–H and O–H groups in total. The van der Waals surface area contributed by atoms with Crippen molar-refractivity contribution in [2.75, 3.05) is 13.2 Å². The lowest BCUT2D eigenvalue weighted by Crippen LogP contribution is -2.45. The van der Waals surface area contributed by atoms with Gasteiger partial charge < -0.3 is 20.3 Å². The third-order valence-electron chi connectivity index (χ3n) is 20.4. The summed E-state index contributed by atoms with van der Waals surface area (Å²) >= 11 is 0. The van der Waals surface area contributed by atoms with Crippen molar-refractivity contribution in [3.8, 4) is 0 Å². The van der Waals surface area contributed by atoms with Crippen molar-refractivity contribution in [3.63, 3.8) is 0 Å². The van der Waals surface area contributed by atoms with E-state index >= 15 is 0 Å². The Morgan fingerprint density at radius 2 is 0.532 bits per heavy atom. The van der Waals surface area contributed by atoms with Crippen molar-refractivity contribution in [2.45, 2.75) is 501 Å². The van der Waals surface area contributed by atoms with Gasteiger partial charge in [0.15, 0.2) is 0 Å². The Morgan fingerprint density at radius 3 is 0.819 bits per heavy atom. The van der Waals surface area contributed by atoms with Gasteiger partial charge in [0.2, 0.25) is 5.91 Å². The second-order valence-electron chi connectivity index (χ2n) is 29.9.